The number of nitrogens with zero attached hydrogens (tertiary/aromatic N) is 1. The normalized spacial score (nSPS) is 21.6. The molecule has 0 spiro atoms. The highest BCUT2D eigenvalue weighted by Gasteiger charge is 2.26. The third-order valence-corrected chi connectivity index (χ3v) is 6.15. The molecule has 1 aromatic carbocycles. The van der Waals surface area contributed by atoms with E-state index < -0.39 is 10.0 Å². The van der Waals surface area contributed by atoms with Gasteiger partial charge in [0.2, 0.25) is 15.9 Å². The van der Waals surface area contributed by atoms with Gasteiger partial charge in [-0.25, -0.2) is 8.42 Å². The molecule has 1 atom stereocenters. The summed E-state index contributed by atoms with van der Waals surface area (Å²) in [5.74, 6) is -0.121. The van der Waals surface area contributed by atoms with E-state index in [0.717, 1.165) is 5.56 Å². The van der Waals surface area contributed by atoms with Crippen LogP contribution in [0, 0.1) is 0 Å². The largest absolute Gasteiger partial charge is 0.379 e. The zero-order valence-electron chi connectivity index (χ0n) is 14.3. The Hall–Kier alpha value is -1.23. The van der Waals surface area contributed by atoms with Crippen molar-refractivity contribution < 1.29 is 22.7 Å². The molecule has 2 aliphatic rings. The summed E-state index contributed by atoms with van der Waals surface area (Å²) < 4.78 is 37.0. The molecule has 8 nitrogen and oxygen atoms in total. The second-order valence-corrected chi connectivity index (χ2v) is 7.90. The van der Waals surface area contributed by atoms with Gasteiger partial charge in [0.15, 0.2) is 0 Å². The molecule has 2 N–H and O–H groups in total. The van der Waals surface area contributed by atoms with Crippen LogP contribution in [0.15, 0.2) is 29.2 Å². The lowest BCUT2D eigenvalue weighted by molar-refractivity contribution is -0.126. The van der Waals surface area contributed by atoms with Crippen molar-refractivity contribution in [3.63, 3.8) is 0 Å². The number of benzene rings is 1. The lowest BCUT2D eigenvalue weighted by Gasteiger charge is -2.26. The summed E-state index contributed by atoms with van der Waals surface area (Å²) >= 11 is 0. The minimum absolute atomic E-state index is 0. The van der Waals surface area contributed by atoms with Crippen molar-refractivity contribution in [2.45, 2.75) is 17.5 Å². The molecule has 10 heteroatoms. The quantitative estimate of drug-likeness (QED) is 0.700. The number of sulfonamides is 1. The molecule has 1 unspecified atom stereocenters. The predicted octanol–water partition coefficient (Wildman–Crippen LogP) is -0.266. The minimum Gasteiger partial charge on any atom is -0.379 e. The molecule has 26 heavy (non-hydrogen) atoms. The van der Waals surface area contributed by atoms with E-state index >= 15 is 0 Å². The van der Waals surface area contributed by atoms with Crippen LogP contribution in [0.25, 0.3) is 0 Å². The van der Waals surface area contributed by atoms with E-state index in [0.29, 0.717) is 52.6 Å². The smallest absolute Gasteiger partial charge is 0.243 e. The average molecular weight is 406 g/mol. The maximum Gasteiger partial charge on any atom is 0.243 e. The van der Waals surface area contributed by atoms with Crippen molar-refractivity contribution in [3.8, 4) is 0 Å². The summed E-state index contributed by atoms with van der Waals surface area (Å²) in [6.07, 6.45) is 0. The molecule has 1 aromatic rings. The Kier molecular flexibility index (Phi) is 7.81. The molecular formula is C16H24ClN3O5S. The maximum atomic E-state index is 12.5. The molecule has 2 heterocycles. The molecule has 0 aliphatic carbocycles. The Morgan fingerprint density at radius 2 is 1.85 bits per heavy atom. The Morgan fingerprint density at radius 1 is 1.15 bits per heavy atom. The van der Waals surface area contributed by atoms with Gasteiger partial charge in [-0.2, -0.15) is 4.31 Å². The van der Waals surface area contributed by atoms with Gasteiger partial charge in [-0.3, -0.25) is 4.79 Å². The lowest BCUT2D eigenvalue weighted by Crippen LogP contribution is -2.51. The van der Waals surface area contributed by atoms with Gasteiger partial charge in [-0.1, -0.05) is 12.1 Å². The summed E-state index contributed by atoms with van der Waals surface area (Å²) in [7, 11) is -3.49. The summed E-state index contributed by atoms with van der Waals surface area (Å²) in [6.45, 7) is 3.56. The van der Waals surface area contributed by atoms with Gasteiger partial charge in [0.05, 0.1) is 31.3 Å². The van der Waals surface area contributed by atoms with Gasteiger partial charge in [0.1, 0.15) is 6.04 Å². The number of carbonyl (C=O) groups excluding carboxylic acids is 1. The number of morpholine rings is 2. The Labute approximate surface area is 159 Å². The van der Waals surface area contributed by atoms with Crippen molar-refractivity contribution in [2.24, 2.45) is 0 Å². The molecule has 0 aromatic heterocycles. The molecule has 2 saturated heterocycles. The van der Waals surface area contributed by atoms with E-state index in [1.165, 1.54) is 4.31 Å². The third kappa shape index (κ3) is 5.15. The van der Waals surface area contributed by atoms with E-state index in [9.17, 15) is 13.2 Å². The number of hydrogen-bond donors (Lipinski definition) is 2. The highest BCUT2D eigenvalue weighted by molar-refractivity contribution is 7.89. The number of ether oxygens (including phenoxy) is 2. The highest BCUT2D eigenvalue weighted by Crippen LogP contribution is 2.17. The van der Waals surface area contributed by atoms with E-state index in [2.05, 4.69) is 10.6 Å². The number of hydrogen-bond acceptors (Lipinski definition) is 6. The second kappa shape index (κ2) is 9.63. The third-order valence-electron chi connectivity index (χ3n) is 4.24. The van der Waals surface area contributed by atoms with Crippen LogP contribution in [0.1, 0.15) is 5.56 Å². The van der Waals surface area contributed by atoms with Crippen LogP contribution < -0.4 is 10.6 Å². The minimum atomic E-state index is -3.49. The second-order valence-electron chi connectivity index (χ2n) is 5.96. The number of carbonyl (C=O) groups is 1. The van der Waals surface area contributed by atoms with Gasteiger partial charge >= 0.3 is 0 Å². The van der Waals surface area contributed by atoms with Crippen LogP contribution in [0.3, 0.4) is 0 Å². The van der Waals surface area contributed by atoms with Crippen molar-refractivity contribution in [1.82, 2.24) is 14.9 Å². The van der Waals surface area contributed by atoms with E-state index in [1.807, 2.05) is 0 Å². The van der Waals surface area contributed by atoms with Crippen molar-refractivity contribution >= 4 is 28.3 Å². The molecule has 2 aliphatic heterocycles. The van der Waals surface area contributed by atoms with E-state index in [-0.39, 0.29) is 29.3 Å². The maximum absolute atomic E-state index is 12.5. The van der Waals surface area contributed by atoms with Crippen molar-refractivity contribution in [3.05, 3.63) is 29.8 Å². The number of rotatable bonds is 5. The Bertz CT molecular complexity index is 686. The first-order valence-electron chi connectivity index (χ1n) is 8.33. The first-order chi connectivity index (χ1) is 12.1. The Balaban J connectivity index is 0.00000243. The van der Waals surface area contributed by atoms with Crippen molar-refractivity contribution in [1.29, 1.82) is 0 Å². The van der Waals surface area contributed by atoms with Gasteiger partial charge < -0.3 is 20.1 Å². The van der Waals surface area contributed by atoms with Gasteiger partial charge in [-0.05, 0) is 17.7 Å². The standard InChI is InChI=1S/C16H23N3O5S.ClH/c20-16(15-12-24-8-5-17-15)18-11-13-1-3-14(4-2-13)25(21,22)19-6-9-23-10-7-19;/h1-4,15,17H,5-12H2,(H,18,20);1H. The molecule has 3 rings (SSSR count). The number of halogens is 1. The fraction of sp³-hybridized carbons (Fsp3) is 0.562. The fourth-order valence-corrected chi connectivity index (χ4v) is 4.17. The first kappa shape index (κ1) is 21.1. The van der Waals surface area contributed by atoms with Gasteiger partial charge in [-0.15, -0.1) is 12.4 Å². The monoisotopic (exact) mass is 405 g/mol. The van der Waals surface area contributed by atoms with Gasteiger partial charge in [0.25, 0.3) is 0 Å². The van der Waals surface area contributed by atoms with Crippen LogP contribution in [0.4, 0.5) is 0 Å². The van der Waals surface area contributed by atoms with Crippen LogP contribution >= 0.6 is 12.4 Å². The molecule has 0 bridgehead atoms. The fourth-order valence-electron chi connectivity index (χ4n) is 2.76. The molecule has 146 valence electrons. The van der Waals surface area contributed by atoms with Crippen LogP contribution in [0.5, 0.6) is 0 Å². The SMILES string of the molecule is Cl.O=C(NCc1ccc(S(=O)(=O)N2CCOCC2)cc1)C1COCCN1. The zero-order valence-corrected chi connectivity index (χ0v) is 16.0. The van der Waals surface area contributed by atoms with Crippen LogP contribution in [-0.2, 0) is 30.8 Å². The predicted molar refractivity (Wildman–Crippen MR) is 97.7 cm³/mol. The van der Waals surface area contributed by atoms with E-state index in [4.69, 9.17) is 9.47 Å². The van der Waals surface area contributed by atoms with E-state index in [1.54, 1.807) is 24.3 Å². The zero-order chi connectivity index (χ0) is 17.7. The summed E-state index contributed by atoms with van der Waals surface area (Å²) in [6, 6.07) is 6.26. The summed E-state index contributed by atoms with van der Waals surface area (Å²) in [5.41, 5.74) is 0.839. The topological polar surface area (TPSA) is 97.0 Å². The number of nitrogens with one attached hydrogen (secondary N) is 2. The first-order valence-corrected chi connectivity index (χ1v) is 9.77. The van der Waals surface area contributed by atoms with Crippen LogP contribution in [0.2, 0.25) is 0 Å². The van der Waals surface area contributed by atoms with Gasteiger partial charge in [0, 0.05) is 26.2 Å². The molecular weight excluding hydrogens is 382 g/mol. The molecule has 2 fully saturated rings. The lowest BCUT2D eigenvalue weighted by atomic mass is 10.2. The molecule has 0 saturated carbocycles. The Morgan fingerprint density at radius 3 is 2.46 bits per heavy atom. The molecule has 1 amide bonds. The average Bonchev–Trinajstić information content (AvgIpc) is 2.68. The summed E-state index contributed by atoms with van der Waals surface area (Å²) in [5, 5.41) is 5.92. The number of amides is 1. The van der Waals surface area contributed by atoms with Crippen molar-refractivity contribution in [2.75, 3.05) is 46.1 Å². The highest BCUT2D eigenvalue weighted by atomic mass is 35.5. The summed E-state index contributed by atoms with van der Waals surface area (Å²) in [4.78, 5) is 12.3. The van der Waals surface area contributed by atoms with Crippen LogP contribution in [-0.4, -0.2) is 70.7 Å². The molecule has 0 radical (unpaired) electrons.